The van der Waals surface area contributed by atoms with Crippen LogP contribution < -0.4 is 5.32 Å². The van der Waals surface area contributed by atoms with Crippen LogP contribution in [0.1, 0.15) is 62.1 Å². The molecule has 1 aliphatic rings. The number of nitrogens with zero attached hydrogens (tertiary/aromatic N) is 1. The summed E-state index contributed by atoms with van der Waals surface area (Å²) < 4.78 is 0. The van der Waals surface area contributed by atoms with E-state index in [1.807, 2.05) is 19.1 Å². The van der Waals surface area contributed by atoms with Gasteiger partial charge in [0.05, 0.1) is 0 Å². The van der Waals surface area contributed by atoms with Crippen molar-refractivity contribution in [3.05, 3.63) is 65.2 Å². The van der Waals surface area contributed by atoms with Gasteiger partial charge in [0.15, 0.2) is 0 Å². The highest BCUT2D eigenvalue weighted by atomic mass is 32.2. The van der Waals surface area contributed by atoms with Crippen LogP contribution in [0.2, 0.25) is 0 Å². The molecule has 0 spiro atoms. The highest BCUT2D eigenvalue weighted by Gasteiger charge is 2.27. The van der Waals surface area contributed by atoms with Crippen molar-refractivity contribution >= 4 is 23.6 Å². The quantitative estimate of drug-likeness (QED) is 0.500. The minimum atomic E-state index is -0.491. The summed E-state index contributed by atoms with van der Waals surface area (Å²) in [4.78, 5) is 29.2. The molecule has 172 valence electrons. The SMILES string of the molecule is Cc1ccc(CN(C(=O)CCSc2ccc(C)cc2)C(C)C(=O)NC2CCCCC2)cc1. The Morgan fingerprint density at radius 2 is 1.56 bits per heavy atom. The van der Waals surface area contributed by atoms with Gasteiger partial charge in [-0.25, -0.2) is 0 Å². The van der Waals surface area contributed by atoms with Crippen LogP contribution in [0.5, 0.6) is 0 Å². The van der Waals surface area contributed by atoms with Crippen LogP contribution in [0.3, 0.4) is 0 Å². The second kappa shape index (κ2) is 12.1. The molecule has 2 aromatic rings. The molecule has 3 rings (SSSR count). The Balaban J connectivity index is 1.64. The van der Waals surface area contributed by atoms with Crippen LogP contribution in [0.15, 0.2) is 53.4 Å². The van der Waals surface area contributed by atoms with E-state index in [4.69, 9.17) is 0 Å². The van der Waals surface area contributed by atoms with Gasteiger partial charge in [0.1, 0.15) is 6.04 Å². The van der Waals surface area contributed by atoms with Crippen molar-refractivity contribution in [1.82, 2.24) is 10.2 Å². The van der Waals surface area contributed by atoms with Crippen molar-refractivity contribution in [2.24, 2.45) is 0 Å². The van der Waals surface area contributed by atoms with Gasteiger partial charge in [0, 0.05) is 29.7 Å². The van der Waals surface area contributed by atoms with E-state index >= 15 is 0 Å². The van der Waals surface area contributed by atoms with Crippen molar-refractivity contribution in [1.29, 1.82) is 0 Å². The van der Waals surface area contributed by atoms with Gasteiger partial charge in [-0.15, -0.1) is 11.8 Å². The van der Waals surface area contributed by atoms with E-state index in [2.05, 4.69) is 55.6 Å². The zero-order chi connectivity index (χ0) is 22.9. The van der Waals surface area contributed by atoms with Crippen molar-refractivity contribution in [3.63, 3.8) is 0 Å². The van der Waals surface area contributed by atoms with Gasteiger partial charge in [-0.2, -0.15) is 0 Å². The first-order valence-corrected chi connectivity index (χ1v) is 12.8. The van der Waals surface area contributed by atoms with Gasteiger partial charge in [-0.3, -0.25) is 9.59 Å². The average Bonchev–Trinajstić information content (AvgIpc) is 2.80. The first kappa shape index (κ1) is 24.4. The Morgan fingerprint density at radius 3 is 2.19 bits per heavy atom. The third-order valence-corrected chi connectivity index (χ3v) is 7.21. The number of nitrogens with one attached hydrogen (secondary N) is 1. The van der Waals surface area contributed by atoms with E-state index in [0.717, 1.165) is 23.3 Å². The maximum Gasteiger partial charge on any atom is 0.242 e. The number of rotatable bonds is 9. The fraction of sp³-hybridized carbons (Fsp3) is 0.481. The van der Waals surface area contributed by atoms with Gasteiger partial charge in [0.2, 0.25) is 11.8 Å². The molecule has 2 amide bonds. The molecule has 1 aliphatic carbocycles. The lowest BCUT2D eigenvalue weighted by molar-refractivity contribution is -0.140. The number of carbonyl (C=O) groups is 2. The minimum absolute atomic E-state index is 0.0245. The fourth-order valence-electron chi connectivity index (χ4n) is 4.08. The predicted octanol–water partition coefficient (Wildman–Crippen LogP) is 5.65. The molecule has 1 N–H and O–H groups in total. The molecule has 0 aromatic heterocycles. The maximum atomic E-state index is 13.2. The molecule has 1 atom stereocenters. The van der Waals surface area contributed by atoms with Gasteiger partial charge in [0.25, 0.3) is 0 Å². The number of hydrogen-bond acceptors (Lipinski definition) is 3. The lowest BCUT2D eigenvalue weighted by Crippen LogP contribution is -2.50. The Kier molecular flexibility index (Phi) is 9.22. The standard InChI is InChI=1S/C27H36N2O2S/c1-20-9-13-23(14-10-20)19-29(22(3)27(31)28-24-7-5-4-6-8-24)26(30)17-18-32-25-15-11-21(2)12-16-25/h9-16,22,24H,4-8,17-19H2,1-3H3,(H,28,31). The van der Waals surface area contributed by atoms with Crippen LogP contribution in [-0.4, -0.2) is 34.6 Å². The van der Waals surface area contributed by atoms with Crippen LogP contribution in [0, 0.1) is 13.8 Å². The van der Waals surface area contributed by atoms with Crippen molar-refractivity contribution in [3.8, 4) is 0 Å². The second-order valence-electron chi connectivity index (χ2n) is 8.94. The summed E-state index contributed by atoms with van der Waals surface area (Å²) in [5.41, 5.74) is 3.46. The molecule has 0 heterocycles. The normalized spacial score (nSPS) is 15.2. The summed E-state index contributed by atoms with van der Waals surface area (Å²) in [6, 6.07) is 16.3. The summed E-state index contributed by atoms with van der Waals surface area (Å²) in [5.74, 6) is 0.684. The molecule has 1 saturated carbocycles. The maximum absolute atomic E-state index is 13.2. The number of benzene rings is 2. The largest absolute Gasteiger partial charge is 0.352 e. The van der Waals surface area contributed by atoms with E-state index < -0.39 is 6.04 Å². The first-order valence-electron chi connectivity index (χ1n) is 11.8. The summed E-state index contributed by atoms with van der Waals surface area (Å²) in [7, 11) is 0. The molecule has 1 fully saturated rings. The number of thioether (sulfide) groups is 1. The van der Waals surface area contributed by atoms with Gasteiger partial charge < -0.3 is 10.2 Å². The number of hydrogen-bond donors (Lipinski definition) is 1. The third-order valence-electron chi connectivity index (χ3n) is 6.20. The Hall–Kier alpha value is -2.27. The van der Waals surface area contributed by atoms with Gasteiger partial charge >= 0.3 is 0 Å². The molecule has 32 heavy (non-hydrogen) atoms. The predicted molar refractivity (Wildman–Crippen MR) is 133 cm³/mol. The molecule has 0 saturated heterocycles. The molecule has 0 radical (unpaired) electrons. The smallest absolute Gasteiger partial charge is 0.242 e. The monoisotopic (exact) mass is 452 g/mol. The molecule has 1 unspecified atom stereocenters. The lowest BCUT2D eigenvalue weighted by atomic mass is 9.95. The first-order chi connectivity index (χ1) is 15.4. The molecule has 5 heteroatoms. The minimum Gasteiger partial charge on any atom is -0.352 e. The van der Waals surface area contributed by atoms with E-state index in [0.29, 0.717) is 18.7 Å². The summed E-state index contributed by atoms with van der Waals surface area (Å²) >= 11 is 1.68. The van der Waals surface area contributed by atoms with Gasteiger partial charge in [-0.1, -0.05) is 66.8 Å². The summed E-state index contributed by atoms with van der Waals surface area (Å²) in [6.45, 7) is 6.43. The average molecular weight is 453 g/mol. The summed E-state index contributed by atoms with van der Waals surface area (Å²) in [5, 5.41) is 3.20. The van der Waals surface area contributed by atoms with Crippen molar-refractivity contribution in [2.75, 3.05) is 5.75 Å². The number of aryl methyl sites for hydroxylation is 2. The number of carbonyl (C=O) groups excluding carboxylic acids is 2. The topological polar surface area (TPSA) is 49.4 Å². The van der Waals surface area contributed by atoms with E-state index in [9.17, 15) is 9.59 Å². The van der Waals surface area contributed by atoms with Gasteiger partial charge in [-0.05, 0) is 51.3 Å². The Labute approximate surface area is 197 Å². The van der Waals surface area contributed by atoms with Crippen LogP contribution in [0.25, 0.3) is 0 Å². The molecule has 4 nitrogen and oxygen atoms in total. The van der Waals surface area contributed by atoms with E-state index in [-0.39, 0.29) is 17.9 Å². The van der Waals surface area contributed by atoms with Crippen LogP contribution in [-0.2, 0) is 16.1 Å². The zero-order valence-corrected chi connectivity index (χ0v) is 20.4. The fourth-order valence-corrected chi connectivity index (χ4v) is 4.92. The third kappa shape index (κ3) is 7.40. The highest BCUT2D eigenvalue weighted by Crippen LogP contribution is 2.21. The highest BCUT2D eigenvalue weighted by molar-refractivity contribution is 7.99. The molecular formula is C27H36N2O2S. The zero-order valence-electron chi connectivity index (χ0n) is 19.6. The molecular weight excluding hydrogens is 416 g/mol. The van der Waals surface area contributed by atoms with E-state index in [1.54, 1.807) is 16.7 Å². The second-order valence-corrected chi connectivity index (χ2v) is 10.1. The molecule has 0 aliphatic heterocycles. The number of amides is 2. The molecule has 0 bridgehead atoms. The summed E-state index contributed by atoms with van der Waals surface area (Å²) in [6.07, 6.45) is 6.07. The van der Waals surface area contributed by atoms with Crippen molar-refractivity contribution < 1.29 is 9.59 Å². The van der Waals surface area contributed by atoms with Crippen molar-refractivity contribution in [2.45, 2.75) is 82.8 Å². The lowest BCUT2D eigenvalue weighted by Gasteiger charge is -2.31. The van der Waals surface area contributed by atoms with E-state index in [1.165, 1.54) is 30.4 Å². The van der Waals surface area contributed by atoms with Crippen LogP contribution >= 0.6 is 11.8 Å². The Morgan fingerprint density at radius 1 is 0.969 bits per heavy atom. The van der Waals surface area contributed by atoms with Crippen LogP contribution in [0.4, 0.5) is 0 Å². The molecule has 2 aromatic carbocycles. The Bertz CT molecular complexity index is 874.